The van der Waals surface area contributed by atoms with Crippen molar-refractivity contribution in [1.29, 1.82) is 0 Å². The number of hydrogen-bond donors (Lipinski definition) is 2. The molecule has 0 spiro atoms. The third kappa shape index (κ3) is 4.10. The molecule has 1 aliphatic heterocycles. The Bertz CT molecular complexity index is 215. The molecule has 3 N–H and O–H groups in total. The van der Waals surface area contributed by atoms with Gasteiger partial charge in [-0.1, -0.05) is 20.3 Å². The summed E-state index contributed by atoms with van der Waals surface area (Å²) >= 11 is 0. The summed E-state index contributed by atoms with van der Waals surface area (Å²) in [7, 11) is 0. The molecular weight excluding hydrogens is 204 g/mol. The van der Waals surface area contributed by atoms with E-state index in [0.29, 0.717) is 12.6 Å². The second kappa shape index (κ2) is 6.86. The number of hydrogen-bond acceptors (Lipinski definition) is 3. The highest BCUT2D eigenvalue weighted by Gasteiger charge is 2.20. The molecule has 94 valence electrons. The molecule has 1 amide bonds. The maximum absolute atomic E-state index is 11.6. The fraction of sp³-hybridized carbons (Fsp3) is 0.917. The summed E-state index contributed by atoms with van der Waals surface area (Å²) in [5.41, 5.74) is 5.82. The van der Waals surface area contributed by atoms with E-state index >= 15 is 0 Å². The van der Waals surface area contributed by atoms with Crippen molar-refractivity contribution in [3.63, 3.8) is 0 Å². The Morgan fingerprint density at radius 1 is 1.62 bits per heavy atom. The number of rotatable bonds is 6. The van der Waals surface area contributed by atoms with Gasteiger partial charge in [-0.2, -0.15) is 0 Å². The lowest BCUT2D eigenvalue weighted by Crippen LogP contribution is -2.45. The molecule has 0 aliphatic carbocycles. The Kier molecular flexibility index (Phi) is 5.77. The van der Waals surface area contributed by atoms with Crippen LogP contribution >= 0.6 is 0 Å². The monoisotopic (exact) mass is 228 g/mol. The predicted octanol–water partition coefficient (Wildman–Crippen LogP) is 1.05. The van der Waals surface area contributed by atoms with Gasteiger partial charge in [-0.05, 0) is 25.2 Å². The molecule has 16 heavy (non-hydrogen) atoms. The molecule has 0 aromatic rings. The van der Waals surface area contributed by atoms with E-state index in [9.17, 15) is 4.79 Å². The first-order chi connectivity index (χ1) is 7.65. The number of carbonyl (C=O) groups excluding carboxylic acids is 1. The van der Waals surface area contributed by atoms with Crippen LogP contribution in [-0.2, 0) is 9.53 Å². The van der Waals surface area contributed by atoms with Gasteiger partial charge in [0, 0.05) is 13.2 Å². The first-order valence-electron chi connectivity index (χ1n) is 6.30. The van der Waals surface area contributed by atoms with Gasteiger partial charge in [-0.3, -0.25) is 4.79 Å². The van der Waals surface area contributed by atoms with Gasteiger partial charge in [0.15, 0.2) is 0 Å². The van der Waals surface area contributed by atoms with Gasteiger partial charge in [0.05, 0.1) is 12.1 Å². The van der Waals surface area contributed by atoms with Crippen LogP contribution in [0, 0.1) is 5.92 Å². The Labute approximate surface area is 97.9 Å². The molecule has 0 saturated carbocycles. The SMILES string of the molecule is CCC(C)C(N)C(=O)NCCC1CCCO1. The maximum atomic E-state index is 11.6. The Hall–Kier alpha value is -0.610. The number of amides is 1. The summed E-state index contributed by atoms with van der Waals surface area (Å²) < 4.78 is 5.48. The van der Waals surface area contributed by atoms with Crippen LogP contribution in [0.2, 0.25) is 0 Å². The Morgan fingerprint density at radius 2 is 2.38 bits per heavy atom. The van der Waals surface area contributed by atoms with Gasteiger partial charge in [0.25, 0.3) is 0 Å². The van der Waals surface area contributed by atoms with E-state index in [4.69, 9.17) is 10.5 Å². The molecule has 1 rings (SSSR count). The van der Waals surface area contributed by atoms with Crippen LogP contribution in [0.15, 0.2) is 0 Å². The van der Waals surface area contributed by atoms with Crippen molar-refractivity contribution in [2.75, 3.05) is 13.2 Å². The fourth-order valence-electron chi connectivity index (χ4n) is 1.86. The van der Waals surface area contributed by atoms with E-state index in [0.717, 1.165) is 32.3 Å². The smallest absolute Gasteiger partial charge is 0.237 e. The molecule has 4 nitrogen and oxygen atoms in total. The minimum Gasteiger partial charge on any atom is -0.378 e. The lowest BCUT2D eigenvalue weighted by molar-refractivity contribution is -0.123. The highest BCUT2D eigenvalue weighted by atomic mass is 16.5. The largest absolute Gasteiger partial charge is 0.378 e. The van der Waals surface area contributed by atoms with Crippen molar-refractivity contribution in [2.45, 2.75) is 51.7 Å². The third-order valence-electron chi connectivity index (χ3n) is 3.35. The van der Waals surface area contributed by atoms with Crippen LogP contribution < -0.4 is 11.1 Å². The normalized spacial score (nSPS) is 24.1. The highest BCUT2D eigenvalue weighted by Crippen LogP contribution is 2.14. The lowest BCUT2D eigenvalue weighted by Gasteiger charge is -2.18. The van der Waals surface area contributed by atoms with Crippen LogP contribution in [-0.4, -0.2) is 31.2 Å². The first-order valence-corrected chi connectivity index (χ1v) is 6.30. The summed E-state index contributed by atoms with van der Waals surface area (Å²) in [5, 5.41) is 2.88. The summed E-state index contributed by atoms with van der Waals surface area (Å²) in [4.78, 5) is 11.6. The van der Waals surface area contributed by atoms with E-state index in [1.807, 2.05) is 13.8 Å². The zero-order chi connectivity index (χ0) is 12.0. The van der Waals surface area contributed by atoms with E-state index < -0.39 is 0 Å². The van der Waals surface area contributed by atoms with Gasteiger partial charge in [0.2, 0.25) is 5.91 Å². The zero-order valence-electron chi connectivity index (χ0n) is 10.4. The summed E-state index contributed by atoms with van der Waals surface area (Å²) in [6.07, 6.45) is 4.43. The Morgan fingerprint density at radius 3 is 2.94 bits per heavy atom. The number of ether oxygens (including phenoxy) is 1. The lowest BCUT2D eigenvalue weighted by atomic mass is 9.99. The predicted molar refractivity (Wildman–Crippen MR) is 64.0 cm³/mol. The van der Waals surface area contributed by atoms with Gasteiger partial charge in [0.1, 0.15) is 0 Å². The second-order valence-corrected chi connectivity index (χ2v) is 4.63. The maximum Gasteiger partial charge on any atom is 0.237 e. The van der Waals surface area contributed by atoms with E-state index in [-0.39, 0.29) is 17.9 Å². The third-order valence-corrected chi connectivity index (χ3v) is 3.35. The molecule has 3 unspecified atom stereocenters. The van der Waals surface area contributed by atoms with Crippen LogP contribution in [0.5, 0.6) is 0 Å². The number of nitrogens with one attached hydrogen (secondary N) is 1. The van der Waals surface area contributed by atoms with Crippen LogP contribution in [0.25, 0.3) is 0 Å². The molecule has 1 heterocycles. The molecule has 0 aromatic carbocycles. The van der Waals surface area contributed by atoms with Crippen molar-refractivity contribution in [3.8, 4) is 0 Å². The van der Waals surface area contributed by atoms with Crippen molar-refractivity contribution in [3.05, 3.63) is 0 Å². The molecule has 3 atom stereocenters. The molecule has 0 radical (unpaired) electrons. The second-order valence-electron chi connectivity index (χ2n) is 4.63. The zero-order valence-corrected chi connectivity index (χ0v) is 10.4. The van der Waals surface area contributed by atoms with Crippen molar-refractivity contribution < 1.29 is 9.53 Å². The average Bonchev–Trinajstić information content (AvgIpc) is 2.79. The topological polar surface area (TPSA) is 64.4 Å². The average molecular weight is 228 g/mol. The fourth-order valence-corrected chi connectivity index (χ4v) is 1.86. The van der Waals surface area contributed by atoms with E-state index in [1.165, 1.54) is 0 Å². The van der Waals surface area contributed by atoms with Crippen molar-refractivity contribution in [1.82, 2.24) is 5.32 Å². The summed E-state index contributed by atoms with van der Waals surface area (Å²) in [5.74, 6) is 0.204. The molecule has 1 fully saturated rings. The molecule has 4 heteroatoms. The van der Waals surface area contributed by atoms with Crippen molar-refractivity contribution >= 4 is 5.91 Å². The number of carbonyl (C=O) groups is 1. The van der Waals surface area contributed by atoms with E-state index in [2.05, 4.69) is 5.32 Å². The minimum atomic E-state index is -0.380. The molecule has 0 aromatic heterocycles. The van der Waals surface area contributed by atoms with Gasteiger partial charge in [-0.15, -0.1) is 0 Å². The molecular formula is C12H24N2O2. The standard InChI is InChI=1S/C12H24N2O2/c1-3-9(2)11(13)12(15)14-7-6-10-5-4-8-16-10/h9-11H,3-8,13H2,1-2H3,(H,14,15). The van der Waals surface area contributed by atoms with Gasteiger partial charge in [-0.25, -0.2) is 0 Å². The van der Waals surface area contributed by atoms with Gasteiger partial charge >= 0.3 is 0 Å². The van der Waals surface area contributed by atoms with Crippen LogP contribution in [0.3, 0.4) is 0 Å². The van der Waals surface area contributed by atoms with Crippen LogP contribution in [0.4, 0.5) is 0 Å². The van der Waals surface area contributed by atoms with Crippen molar-refractivity contribution in [2.24, 2.45) is 11.7 Å². The highest BCUT2D eigenvalue weighted by molar-refractivity contribution is 5.81. The minimum absolute atomic E-state index is 0.0349. The molecule has 1 saturated heterocycles. The summed E-state index contributed by atoms with van der Waals surface area (Å²) in [6.45, 7) is 5.59. The molecule has 0 bridgehead atoms. The molecule has 1 aliphatic rings. The Balaban J connectivity index is 2.13. The quantitative estimate of drug-likeness (QED) is 0.714. The summed E-state index contributed by atoms with van der Waals surface area (Å²) in [6, 6.07) is -0.380. The number of nitrogens with two attached hydrogens (primary N) is 1. The van der Waals surface area contributed by atoms with Gasteiger partial charge < -0.3 is 15.8 Å². The van der Waals surface area contributed by atoms with E-state index in [1.54, 1.807) is 0 Å². The van der Waals surface area contributed by atoms with Crippen LogP contribution in [0.1, 0.15) is 39.5 Å². The first kappa shape index (κ1) is 13.5.